The number of hydrogen-bond donors (Lipinski definition) is 2. The van der Waals surface area contributed by atoms with E-state index in [1.165, 1.54) is 12.3 Å². The summed E-state index contributed by atoms with van der Waals surface area (Å²) in [5.41, 5.74) is 0.705. The lowest BCUT2D eigenvalue weighted by atomic mass is 10.1. The fraction of sp³-hybridized carbons (Fsp3) is 0.400. The van der Waals surface area contributed by atoms with Crippen molar-refractivity contribution in [2.24, 2.45) is 0 Å². The smallest absolute Gasteiger partial charge is 0.328 e. The van der Waals surface area contributed by atoms with Gasteiger partial charge in [-0.25, -0.2) is 4.79 Å². The zero-order valence-corrected chi connectivity index (χ0v) is 12.5. The lowest BCUT2D eigenvalue weighted by Crippen LogP contribution is -2.36. The molecule has 0 aliphatic heterocycles. The molecule has 114 valence electrons. The lowest BCUT2D eigenvalue weighted by Gasteiger charge is -2.20. The molecule has 1 heterocycles. The van der Waals surface area contributed by atoms with Gasteiger partial charge < -0.3 is 15.3 Å². The molecule has 0 spiro atoms. The van der Waals surface area contributed by atoms with Gasteiger partial charge in [-0.05, 0) is 33.0 Å². The number of carbonyl (C=O) groups is 2. The Morgan fingerprint density at radius 2 is 2.19 bits per heavy atom. The van der Waals surface area contributed by atoms with E-state index in [2.05, 4.69) is 29.0 Å². The molecule has 6 nitrogen and oxygen atoms in total. The molecule has 6 heteroatoms. The normalized spacial score (nSPS) is 11.3. The van der Waals surface area contributed by atoms with Gasteiger partial charge in [0.25, 0.3) is 5.91 Å². The topological polar surface area (TPSA) is 82.5 Å². The van der Waals surface area contributed by atoms with Crippen LogP contribution < -0.4 is 5.32 Å². The zero-order valence-electron chi connectivity index (χ0n) is 12.5. The largest absolute Gasteiger partial charge is 0.478 e. The predicted molar refractivity (Wildman–Crippen MR) is 81.0 cm³/mol. The zero-order chi connectivity index (χ0) is 15.8. The maximum Gasteiger partial charge on any atom is 0.328 e. The summed E-state index contributed by atoms with van der Waals surface area (Å²) in [5.74, 6) is -1.37. The van der Waals surface area contributed by atoms with Crippen molar-refractivity contribution >= 4 is 18.0 Å². The van der Waals surface area contributed by atoms with Crippen LogP contribution in [0.1, 0.15) is 29.9 Å². The first-order valence-corrected chi connectivity index (χ1v) is 6.76. The van der Waals surface area contributed by atoms with Crippen molar-refractivity contribution in [3.63, 3.8) is 0 Å². The summed E-state index contributed by atoms with van der Waals surface area (Å²) in [6.07, 6.45) is 3.86. The number of aromatic nitrogens is 1. The number of carboxylic acid groups (broad SMARTS) is 1. The predicted octanol–water partition coefficient (Wildman–Crippen LogP) is 1.25. The molecular weight excluding hydrogens is 270 g/mol. The van der Waals surface area contributed by atoms with E-state index >= 15 is 0 Å². The summed E-state index contributed by atoms with van der Waals surface area (Å²) in [7, 11) is 1.98. The van der Waals surface area contributed by atoms with Crippen molar-refractivity contribution in [2.45, 2.75) is 19.9 Å². The van der Waals surface area contributed by atoms with Crippen LogP contribution in [0.3, 0.4) is 0 Å². The van der Waals surface area contributed by atoms with Crippen LogP contribution >= 0.6 is 0 Å². The Hall–Kier alpha value is -2.21. The molecule has 0 bridgehead atoms. The highest BCUT2D eigenvalue weighted by Crippen LogP contribution is 2.07. The third-order valence-corrected chi connectivity index (χ3v) is 3.09. The molecule has 1 aromatic heterocycles. The second-order valence-electron chi connectivity index (χ2n) is 4.94. The fourth-order valence-corrected chi connectivity index (χ4v) is 1.59. The summed E-state index contributed by atoms with van der Waals surface area (Å²) in [5, 5.41) is 11.4. The third kappa shape index (κ3) is 5.74. The highest BCUT2D eigenvalue weighted by atomic mass is 16.4. The Kier molecular flexibility index (Phi) is 6.55. The average molecular weight is 291 g/mol. The van der Waals surface area contributed by atoms with Gasteiger partial charge in [0.15, 0.2) is 0 Å². The average Bonchev–Trinajstić information content (AvgIpc) is 2.44. The number of rotatable bonds is 7. The number of pyridine rings is 1. The molecule has 0 aliphatic carbocycles. The van der Waals surface area contributed by atoms with Crippen molar-refractivity contribution in [2.75, 3.05) is 20.1 Å². The minimum Gasteiger partial charge on any atom is -0.478 e. The van der Waals surface area contributed by atoms with Gasteiger partial charge in [0.2, 0.25) is 0 Å². The minimum atomic E-state index is -1.07. The van der Waals surface area contributed by atoms with Crippen LogP contribution in [0.2, 0.25) is 0 Å². The number of nitrogens with one attached hydrogen (secondary N) is 1. The Morgan fingerprint density at radius 1 is 1.48 bits per heavy atom. The molecule has 0 fully saturated rings. The minimum absolute atomic E-state index is 0.224. The first kappa shape index (κ1) is 16.8. The van der Waals surface area contributed by atoms with E-state index in [4.69, 9.17) is 5.11 Å². The molecule has 0 unspecified atom stereocenters. The van der Waals surface area contributed by atoms with Crippen LogP contribution in [0.4, 0.5) is 0 Å². The van der Waals surface area contributed by atoms with Gasteiger partial charge in [-0.3, -0.25) is 9.78 Å². The summed E-state index contributed by atoms with van der Waals surface area (Å²) in [6.45, 7) is 5.40. The van der Waals surface area contributed by atoms with Crippen LogP contribution in [0.15, 0.2) is 24.4 Å². The molecule has 0 saturated heterocycles. The maximum absolute atomic E-state index is 12.1. The van der Waals surface area contributed by atoms with E-state index in [-0.39, 0.29) is 11.6 Å². The van der Waals surface area contributed by atoms with Crippen LogP contribution in [-0.4, -0.2) is 53.0 Å². The molecule has 1 aromatic rings. The SMILES string of the molecule is CC(C)N(C)CCNC(=O)c1ncccc1/C=C/C(=O)O. The fourth-order valence-electron chi connectivity index (χ4n) is 1.59. The summed E-state index contributed by atoms with van der Waals surface area (Å²) >= 11 is 0. The molecule has 0 radical (unpaired) electrons. The van der Waals surface area contributed by atoms with E-state index in [1.807, 2.05) is 7.05 Å². The number of nitrogens with zero attached hydrogens (tertiary/aromatic N) is 2. The van der Waals surface area contributed by atoms with Crippen LogP contribution in [-0.2, 0) is 4.79 Å². The molecule has 1 amide bonds. The van der Waals surface area contributed by atoms with Gasteiger partial charge in [-0.1, -0.05) is 6.07 Å². The van der Waals surface area contributed by atoms with E-state index in [0.717, 1.165) is 12.6 Å². The Bertz CT molecular complexity index is 527. The number of aliphatic carboxylic acids is 1. The van der Waals surface area contributed by atoms with Crippen molar-refractivity contribution < 1.29 is 14.7 Å². The van der Waals surface area contributed by atoms with Crippen LogP contribution in [0, 0.1) is 0 Å². The number of carbonyl (C=O) groups excluding carboxylic acids is 1. The second kappa shape index (κ2) is 8.16. The number of carboxylic acids is 1. The first-order chi connectivity index (χ1) is 9.91. The van der Waals surface area contributed by atoms with Crippen molar-refractivity contribution in [3.05, 3.63) is 35.7 Å². The van der Waals surface area contributed by atoms with Crippen molar-refractivity contribution in [3.8, 4) is 0 Å². The summed E-state index contributed by atoms with van der Waals surface area (Å²) in [4.78, 5) is 28.8. The molecule has 2 N–H and O–H groups in total. The Labute approximate surface area is 124 Å². The number of hydrogen-bond acceptors (Lipinski definition) is 4. The number of amides is 1. The van der Waals surface area contributed by atoms with Gasteiger partial charge in [-0.15, -0.1) is 0 Å². The highest BCUT2D eigenvalue weighted by Gasteiger charge is 2.11. The van der Waals surface area contributed by atoms with E-state index < -0.39 is 5.97 Å². The molecular formula is C15H21N3O3. The standard InChI is InChI=1S/C15H21N3O3/c1-11(2)18(3)10-9-17-15(21)14-12(5-4-8-16-14)6-7-13(19)20/h4-8,11H,9-10H2,1-3H3,(H,17,21)(H,19,20)/b7-6+. The lowest BCUT2D eigenvalue weighted by molar-refractivity contribution is -0.131. The maximum atomic E-state index is 12.1. The summed E-state index contributed by atoms with van der Waals surface area (Å²) in [6, 6.07) is 3.72. The molecule has 1 rings (SSSR count). The highest BCUT2D eigenvalue weighted by molar-refractivity contribution is 5.97. The third-order valence-electron chi connectivity index (χ3n) is 3.09. The molecule has 0 atom stereocenters. The van der Waals surface area contributed by atoms with Crippen molar-refractivity contribution in [1.29, 1.82) is 0 Å². The van der Waals surface area contributed by atoms with E-state index in [9.17, 15) is 9.59 Å². The van der Waals surface area contributed by atoms with E-state index in [0.29, 0.717) is 18.2 Å². The van der Waals surface area contributed by atoms with Gasteiger partial charge in [0.05, 0.1) is 0 Å². The summed E-state index contributed by atoms with van der Waals surface area (Å²) < 4.78 is 0. The molecule has 0 aromatic carbocycles. The number of likely N-dealkylation sites (N-methyl/N-ethyl adjacent to an activating group) is 1. The Morgan fingerprint density at radius 3 is 2.81 bits per heavy atom. The van der Waals surface area contributed by atoms with Crippen molar-refractivity contribution in [1.82, 2.24) is 15.2 Å². The monoisotopic (exact) mass is 291 g/mol. The van der Waals surface area contributed by atoms with Gasteiger partial charge in [0.1, 0.15) is 5.69 Å². The second-order valence-corrected chi connectivity index (χ2v) is 4.94. The van der Waals surface area contributed by atoms with Gasteiger partial charge >= 0.3 is 5.97 Å². The first-order valence-electron chi connectivity index (χ1n) is 6.76. The van der Waals surface area contributed by atoms with Crippen LogP contribution in [0.5, 0.6) is 0 Å². The van der Waals surface area contributed by atoms with E-state index in [1.54, 1.807) is 12.1 Å². The van der Waals surface area contributed by atoms with Gasteiger partial charge in [-0.2, -0.15) is 0 Å². The molecule has 21 heavy (non-hydrogen) atoms. The molecule has 0 saturated carbocycles. The van der Waals surface area contributed by atoms with Gasteiger partial charge in [0, 0.05) is 37.0 Å². The quantitative estimate of drug-likeness (QED) is 0.739. The molecule has 0 aliphatic rings. The Balaban J connectivity index is 2.68. The van der Waals surface area contributed by atoms with Crippen LogP contribution in [0.25, 0.3) is 6.08 Å².